The minimum Gasteiger partial charge on any atom is -0.480 e. The summed E-state index contributed by atoms with van der Waals surface area (Å²) in [5, 5.41) is 0. The minimum absolute atomic E-state index is 0.0429. The van der Waals surface area contributed by atoms with E-state index in [9.17, 15) is 13.2 Å². The number of fused-ring (bicyclic) bond motifs is 1. The average Bonchev–Trinajstić information content (AvgIpc) is 3.34. The predicted octanol–water partition coefficient (Wildman–Crippen LogP) is 2.93. The van der Waals surface area contributed by atoms with Crippen LogP contribution in [-0.2, 0) is 21.2 Å². The summed E-state index contributed by atoms with van der Waals surface area (Å²) in [6, 6.07) is 15.0. The van der Waals surface area contributed by atoms with Crippen LogP contribution in [0.4, 0.5) is 0 Å². The first-order chi connectivity index (χ1) is 15.8. The van der Waals surface area contributed by atoms with Crippen molar-refractivity contribution in [2.24, 2.45) is 0 Å². The van der Waals surface area contributed by atoms with Gasteiger partial charge in [-0.1, -0.05) is 30.3 Å². The molecule has 0 radical (unpaired) electrons. The number of likely N-dealkylation sites (tertiary alicyclic amines) is 1. The van der Waals surface area contributed by atoms with Crippen LogP contribution in [0, 0.1) is 0 Å². The number of hydrogen-bond acceptors (Lipinski definition) is 5. The monoisotopic (exact) mass is 471 g/mol. The predicted molar refractivity (Wildman–Crippen MR) is 128 cm³/mol. The maximum atomic E-state index is 13.5. The lowest BCUT2D eigenvalue weighted by Gasteiger charge is -2.35. The average molecular weight is 472 g/mol. The zero-order chi connectivity index (χ0) is 23.6. The molecule has 0 aliphatic carbocycles. The van der Waals surface area contributed by atoms with E-state index in [1.807, 2.05) is 30.1 Å². The SMILES string of the molecule is CN(C(=O)C1CCc2cc(S(=O)(=O)N(C)C)ccc2O1)[C@H](CN1CCCC1)c1ccccc1. The van der Waals surface area contributed by atoms with Crippen LogP contribution in [0.2, 0.25) is 0 Å². The molecule has 2 heterocycles. The van der Waals surface area contributed by atoms with Crippen molar-refractivity contribution in [3.05, 3.63) is 59.7 Å². The lowest BCUT2D eigenvalue weighted by Crippen LogP contribution is -2.46. The zero-order valence-electron chi connectivity index (χ0n) is 19.6. The Hall–Kier alpha value is -2.42. The van der Waals surface area contributed by atoms with Crippen molar-refractivity contribution in [1.82, 2.24) is 14.1 Å². The Morgan fingerprint density at radius 2 is 1.79 bits per heavy atom. The third-order valence-corrected chi connectivity index (χ3v) is 8.47. The van der Waals surface area contributed by atoms with E-state index in [4.69, 9.17) is 4.74 Å². The van der Waals surface area contributed by atoms with Gasteiger partial charge < -0.3 is 14.5 Å². The number of carbonyl (C=O) groups is 1. The number of sulfonamides is 1. The van der Waals surface area contributed by atoms with Gasteiger partial charge in [-0.2, -0.15) is 0 Å². The van der Waals surface area contributed by atoms with Gasteiger partial charge in [0.05, 0.1) is 10.9 Å². The molecule has 1 amide bonds. The van der Waals surface area contributed by atoms with Gasteiger partial charge in [0.1, 0.15) is 5.75 Å². The molecule has 2 aliphatic rings. The molecule has 2 aromatic rings. The number of amides is 1. The summed E-state index contributed by atoms with van der Waals surface area (Å²) in [5.74, 6) is 0.542. The Morgan fingerprint density at radius 1 is 1.09 bits per heavy atom. The Kier molecular flexibility index (Phi) is 7.07. The standard InChI is InChI=1S/C25H33N3O4S/c1-26(2)33(30,31)21-12-14-23-20(17-21)11-13-24(32-23)25(29)27(3)22(18-28-15-7-8-16-28)19-9-5-4-6-10-19/h4-6,9-10,12,14,17,22,24H,7-8,11,13,15-16,18H2,1-3H3/t22-,24?/m1/s1. The molecule has 0 aromatic heterocycles. The Balaban J connectivity index is 1.51. The highest BCUT2D eigenvalue weighted by atomic mass is 32.2. The fourth-order valence-corrected chi connectivity index (χ4v) is 5.58. The molecule has 0 saturated carbocycles. The number of carbonyl (C=O) groups excluding carboxylic acids is 1. The quantitative estimate of drug-likeness (QED) is 0.621. The summed E-state index contributed by atoms with van der Waals surface area (Å²) in [6.45, 7) is 2.94. The van der Waals surface area contributed by atoms with Crippen LogP contribution in [-0.4, -0.2) is 75.3 Å². The van der Waals surface area contributed by atoms with E-state index in [1.165, 1.54) is 31.2 Å². The highest BCUT2D eigenvalue weighted by molar-refractivity contribution is 7.89. The summed E-state index contributed by atoms with van der Waals surface area (Å²) in [6.07, 6.45) is 2.94. The van der Waals surface area contributed by atoms with E-state index in [-0.39, 0.29) is 16.8 Å². The van der Waals surface area contributed by atoms with Gasteiger partial charge in [0, 0.05) is 27.7 Å². The molecular formula is C25H33N3O4S. The van der Waals surface area contributed by atoms with E-state index >= 15 is 0 Å². The van der Waals surface area contributed by atoms with Crippen LogP contribution in [0.15, 0.2) is 53.4 Å². The van der Waals surface area contributed by atoms with Gasteiger partial charge in [0.2, 0.25) is 10.0 Å². The largest absolute Gasteiger partial charge is 0.480 e. The van der Waals surface area contributed by atoms with Crippen molar-refractivity contribution in [2.45, 2.75) is 42.7 Å². The first kappa shape index (κ1) is 23.7. The van der Waals surface area contributed by atoms with Gasteiger partial charge in [-0.05, 0) is 68.1 Å². The zero-order valence-corrected chi connectivity index (χ0v) is 20.4. The van der Waals surface area contributed by atoms with Crippen molar-refractivity contribution in [3.63, 3.8) is 0 Å². The topological polar surface area (TPSA) is 70.2 Å². The number of rotatable bonds is 7. The first-order valence-corrected chi connectivity index (χ1v) is 13.0. The molecular weight excluding hydrogens is 438 g/mol. The van der Waals surface area contributed by atoms with E-state index in [0.29, 0.717) is 18.6 Å². The molecule has 1 saturated heterocycles. The van der Waals surface area contributed by atoms with Crippen LogP contribution in [0.1, 0.15) is 36.4 Å². The summed E-state index contributed by atoms with van der Waals surface area (Å²) in [7, 11) is 1.38. The van der Waals surface area contributed by atoms with Crippen LogP contribution in [0.5, 0.6) is 5.75 Å². The molecule has 1 unspecified atom stereocenters. The number of ether oxygens (including phenoxy) is 1. The molecule has 33 heavy (non-hydrogen) atoms. The summed E-state index contributed by atoms with van der Waals surface area (Å²) in [4.78, 5) is 18.0. The highest BCUT2D eigenvalue weighted by Gasteiger charge is 2.33. The van der Waals surface area contributed by atoms with Crippen molar-refractivity contribution in [3.8, 4) is 5.75 Å². The third kappa shape index (κ3) is 5.08. The van der Waals surface area contributed by atoms with E-state index in [2.05, 4.69) is 17.0 Å². The molecule has 7 nitrogen and oxygen atoms in total. The van der Waals surface area contributed by atoms with Gasteiger partial charge in [-0.25, -0.2) is 12.7 Å². The molecule has 178 valence electrons. The van der Waals surface area contributed by atoms with Gasteiger partial charge >= 0.3 is 0 Å². The summed E-state index contributed by atoms with van der Waals surface area (Å²) in [5.41, 5.74) is 1.94. The van der Waals surface area contributed by atoms with E-state index < -0.39 is 16.1 Å². The molecule has 0 bridgehead atoms. The number of aryl methyl sites for hydroxylation is 1. The number of benzene rings is 2. The van der Waals surface area contributed by atoms with E-state index in [1.54, 1.807) is 18.2 Å². The van der Waals surface area contributed by atoms with Crippen molar-refractivity contribution >= 4 is 15.9 Å². The number of likely N-dealkylation sites (N-methyl/N-ethyl adjacent to an activating group) is 1. The van der Waals surface area contributed by atoms with Crippen molar-refractivity contribution in [2.75, 3.05) is 40.8 Å². The Bertz CT molecular complexity index is 1080. The second kappa shape index (κ2) is 9.83. The molecule has 8 heteroatoms. The van der Waals surface area contributed by atoms with Gasteiger partial charge in [-0.3, -0.25) is 4.79 Å². The smallest absolute Gasteiger partial charge is 0.263 e. The van der Waals surface area contributed by atoms with Crippen LogP contribution in [0.3, 0.4) is 0 Å². The highest BCUT2D eigenvalue weighted by Crippen LogP contribution is 2.32. The third-order valence-electron chi connectivity index (χ3n) is 6.66. The van der Waals surface area contributed by atoms with Crippen molar-refractivity contribution in [1.29, 1.82) is 0 Å². The fourth-order valence-electron chi connectivity index (χ4n) is 4.63. The molecule has 0 N–H and O–H groups in total. The minimum atomic E-state index is -3.51. The fraction of sp³-hybridized carbons (Fsp3) is 0.480. The van der Waals surface area contributed by atoms with Crippen molar-refractivity contribution < 1.29 is 17.9 Å². The normalized spacial score (nSPS) is 19.7. The molecule has 2 aliphatic heterocycles. The molecule has 2 atom stereocenters. The first-order valence-electron chi connectivity index (χ1n) is 11.5. The van der Waals surface area contributed by atoms with Crippen LogP contribution in [0.25, 0.3) is 0 Å². The second-order valence-corrected chi connectivity index (χ2v) is 11.2. The van der Waals surface area contributed by atoms with Crippen LogP contribution >= 0.6 is 0 Å². The van der Waals surface area contributed by atoms with Gasteiger partial charge in [0.15, 0.2) is 6.10 Å². The maximum absolute atomic E-state index is 13.5. The molecule has 1 fully saturated rings. The Morgan fingerprint density at radius 3 is 2.45 bits per heavy atom. The Labute approximate surface area is 197 Å². The van der Waals surface area contributed by atoms with Crippen LogP contribution < -0.4 is 4.74 Å². The van der Waals surface area contributed by atoms with Gasteiger partial charge in [-0.15, -0.1) is 0 Å². The van der Waals surface area contributed by atoms with E-state index in [0.717, 1.165) is 30.8 Å². The molecule has 4 rings (SSSR count). The second-order valence-electron chi connectivity index (χ2n) is 9.09. The number of nitrogens with zero attached hydrogens (tertiary/aromatic N) is 3. The molecule has 0 spiro atoms. The molecule has 2 aromatic carbocycles. The number of hydrogen-bond donors (Lipinski definition) is 0. The van der Waals surface area contributed by atoms with Gasteiger partial charge in [0.25, 0.3) is 5.91 Å². The lowest BCUT2D eigenvalue weighted by molar-refractivity contribution is -0.140. The summed E-state index contributed by atoms with van der Waals surface area (Å²) >= 11 is 0. The summed E-state index contributed by atoms with van der Waals surface area (Å²) < 4.78 is 32.2. The lowest BCUT2D eigenvalue weighted by atomic mass is 10.00. The maximum Gasteiger partial charge on any atom is 0.263 e.